The fraction of sp³-hybridized carbons (Fsp3) is 0.857. The Hall–Kier alpha value is -0.900. The van der Waals surface area contributed by atoms with E-state index in [0.717, 1.165) is 24.2 Å². The van der Waals surface area contributed by atoms with Crippen molar-refractivity contribution in [2.75, 3.05) is 19.6 Å². The molecule has 0 amide bonds. The molecule has 0 spiro atoms. The molecule has 3 rings (SSSR count). The second-order valence-electron chi connectivity index (χ2n) is 5.93. The van der Waals surface area contributed by atoms with Gasteiger partial charge in [0.2, 0.25) is 5.89 Å². The topological polar surface area (TPSA) is 42.2 Å². The van der Waals surface area contributed by atoms with Crippen LogP contribution in [0.25, 0.3) is 0 Å². The molecule has 1 saturated heterocycles. The van der Waals surface area contributed by atoms with Crippen molar-refractivity contribution >= 4 is 0 Å². The predicted molar refractivity (Wildman–Crippen MR) is 69.4 cm³/mol. The number of rotatable bonds is 3. The minimum atomic E-state index is 0.467. The van der Waals surface area contributed by atoms with E-state index in [4.69, 9.17) is 4.52 Å². The van der Waals surface area contributed by atoms with E-state index in [1.807, 2.05) is 6.92 Å². The zero-order valence-corrected chi connectivity index (χ0v) is 11.3. The highest BCUT2D eigenvalue weighted by molar-refractivity contribution is 4.98. The van der Waals surface area contributed by atoms with Crippen molar-refractivity contribution in [2.24, 2.45) is 5.92 Å². The van der Waals surface area contributed by atoms with Crippen LogP contribution in [0.3, 0.4) is 0 Å². The van der Waals surface area contributed by atoms with E-state index < -0.39 is 0 Å². The summed E-state index contributed by atoms with van der Waals surface area (Å²) in [5, 5.41) is 3.90. The Labute approximate surface area is 109 Å². The van der Waals surface area contributed by atoms with Gasteiger partial charge in [-0.3, -0.25) is 0 Å². The summed E-state index contributed by atoms with van der Waals surface area (Å²) in [7, 11) is 0. The van der Waals surface area contributed by atoms with Crippen molar-refractivity contribution in [3.63, 3.8) is 0 Å². The van der Waals surface area contributed by atoms with Crippen LogP contribution >= 0.6 is 0 Å². The number of likely N-dealkylation sites (tertiary alicyclic amines) is 1. The van der Waals surface area contributed by atoms with Crippen molar-refractivity contribution in [3.8, 4) is 0 Å². The summed E-state index contributed by atoms with van der Waals surface area (Å²) in [6, 6.07) is 0. The van der Waals surface area contributed by atoms with Crippen molar-refractivity contribution in [3.05, 3.63) is 11.7 Å². The van der Waals surface area contributed by atoms with Crippen LogP contribution in [-0.4, -0.2) is 34.7 Å². The van der Waals surface area contributed by atoms with Gasteiger partial charge in [-0.15, -0.1) is 0 Å². The standard InChI is InChI=1S/C14H23N3O/c1-11-15-14(18-16-11)13-7-8-17(10-13)9-12-5-3-2-4-6-12/h12-13H,2-10H2,1H3. The molecule has 2 fully saturated rings. The van der Waals surface area contributed by atoms with E-state index in [-0.39, 0.29) is 0 Å². The highest BCUT2D eigenvalue weighted by Crippen LogP contribution is 2.29. The highest BCUT2D eigenvalue weighted by Gasteiger charge is 2.29. The molecule has 0 N–H and O–H groups in total. The first-order chi connectivity index (χ1) is 8.81. The molecular formula is C14H23N3O. The Bertz CT molecular complexity index is 384. The average Bonchev–Trinajstić information content (AvgIpc) is 2.99. The molecule has 1 aliphatic heterocycles. The van der Waals surface area contributed by atoms with E-state index in [2.05, 4.69) is 15.0 Å². The zero-order valence-electron chi connectivity index (χ0n) is 11.3. The largest absolute Gasteiger partial charge is 0.339 e. The van der Waals surface area contributed by atoms with Gasteiger partial charge in [0.05, 0.1) is 5.92 Å². The third-order valence-corrected chi connectivity index (χ3v) is 4.41. The molecule has 2 aliphatic rings. The molecule has 1 saturated carbocycles. The molecule has 0 radical (unpaired) electrons. The monoisotopic (exact) mass is 249 g/mol. The van der Waals surface area contributed by atoms with Crippen LogP contribution in [-0.2, 0) is 0 Å². The lowest BCUT2D eigenvalue weighted by atomic mass is 9.89. The molecule has 4 heteroatoms. The first-order valence-corrected chi connectivity index (χ1v) is 7.34. The number of nitrogens with zero attached hydrogens (tertiary/aromatic N) is 3. The van der Waals surface area contributed by atoms with E-state index in [1.54, 1.807) is 0 Å². The summed E-state index contributed by atoms with van der Waals surface area (Å²) in [6.07, 6.45) is 8.35. The van der Waals surface area contributed by atoms with Gasteiger partial charge in [-0.1, -0.05) is 24.4 Å². The molecule has 1 aromatic heterocycles. The van der Waals surface area contributed by atoms with E-state index in [1.165, 1.54) is 51.6 Å². The second-order valence-corrected chi connectivity index (χ2v) is 5.93. The summed E-state index contributed by atoms with van der Waals surface area (Å²) in [5.74, 6) is 3.01. The molecule has 100 valence electrons. The van der Waals surface area contributed by atoms with Crippen LogP contribution in [0.1, 0.15) is 56.2 Å². The molecule has 1 atom stereocenters. The van der Waals surface area contributed by atoms with Crippen molar-refractivity contribution < 1.29 is 4.52 Å². The summed E-state index contributed by atoms with van der Waals surface area (Å²) in [5.41, 5.74) is 0. The van der Waals surface area contributed by atoms with Crippen LogP contribution in [0.2, 0.25) is 0 Å². The second kappa shape index (κ2) is 5.39. The Morgan fingerprint density at radius 1 is 1.22 bits per heavy atom. The first-order valence-electron chi connectivity index (χ1n) is 7.34. The lowest BCUT2D eigenvalue weighted by Crippen LogP contribution is -2.28. The zero-order chi connectivity index (χ0) is 12.4. The Kier molecular flexibility index (Phi) is 3.64. The van der Waals surface area contributed by atoms with Gasteiger partial charge >= 0.3 is 0 Å². The number of aromatic nitrogens is 2. The summed E-state index contributed by atoms with van der Waals surface area (Å²) in [6.45, 7) is 5.48. The molecule has 4 nitrogen and oxygen atoms in total. The van der Waals surface area contributed by atoms with E-state index in [9.17, 15) is 0 Å². The summed E-state index contributed by atoms with van der Waals surface area (Å²) < 4.78 is 5.30. The smallest absolute Gasteiger partial charge is 0.231 e. The maximum absolute atomic E-state index is 5.30. The Morgan fingerprint density at radius 2 is 2.06 bits per heavy atom. The maximum atomic E-state index is 5.30. The highest BCUT2D eigenvalue weighted by atomic mass is 16.5. The minimum absolute atomic E-state index is 0.467. The number of hydrogen-bond donors (Lipinski definition) is 0. The van der Waals surface area contributed by atoms with Gasteiger partial charge in [-0.2, -0.15) is 4.98 Å². The van der Waals surface area contributed by atoms with Gasteiger partial charge in [0.1, 0.15) is 0 Å². The predicted octanol–water partition coefficient (Wildman–Crippen LogP) is 2.75. The quantitative estimate of drug-likeness (QED) is 0.826. The van der Waals surface area contributed by atoms with E-state index in [0.29, 0.717) is 5.92 Å². The minimum Gasteiger partial charge on any atom is -0.339 e. The van der Waals surface area contributed by atoms with Gasteiger partial charge in [-0.05, 0) is 38.6 Å². The summed E-state index contributed by atoms with van der Waals surface area (Å²) in [4.78, 5) is 6.97. The van der Waals surface area contributed by atoms with Crippen LogP contribution in [0.15, 0.2) is 4.52 Å². The normalized spacial score (nSPS) is 26.8. The van der Waals surface area contributed by atoms with E-state index >= 15 is 0 Å². The lowest BCUT2D eigenvalue weighted by Gasteiger charge is -2.26. The van der Waals surface area contributed by atoms with Crippen LogP contribution in [0, 0.1) is 12.8 Å². The van der Waals surface area contributed by atoms with Crippen molar-refractivity contribution in [2.45, 2.75) is 51.4 Å². The SMILES string of the molecule is Cc1noc(C2CCN(CC3CCCCC3)C2)n1. The third kappa shape index (κ3) is 2.74. The van der Waals surface area contributed by atoms with Gasteiger partial charge in [-0.25, -0.2) is 0 Å². The average molecular weight is 249 g/mol. The van der Waals surface area contributed by atoms with Crippen LogP contribution in [0.4, 0.5) is 0 Å². The number of hydrogen-bond acceptors (Lipinski definition) is 4. The molecule has 2 heterocycles. The van der Waals surface area contributed by atoms with Gasteiger partial charge in [0, 0.05) is 13.1 Å². The molecule has 1 aliphatic carbocycles. The Balaban J connectivity index is 1.51. The summed E-state index contributed by atoms with van der Waals surface area (Å²) >= 11 is 0. The van der Waals surface area contributed by atoms with Crippen LogP contribution in [0.5, 0.6) is 0 Å². The molecular weight excluding hydrogens is 226 g/mol. The fourth-order valence-corrected chi connectivity index (χ4v) is 3.41. The maximum Gasteiger partial charge on any atom is 0.231 e. The van der Waals surface area contributed by atoms with Crippen molar-refractivity contribution in [1.29, 1.82) is 0 Å². The third-order valence-electron chi connectivity index (χ3n) is 4.41. The molecule has 18 heavy (non-hydrogen) atoms. The number of aryl methyl sites for hydroxylation is 1. The van der Waals surface area contributed by atoms with Crippen LogP contribution < -0.4 is 0 Å². The van der Waals surface area contributed by atoms with Gasteiger partial charge in [0.15, 0.2) is 5.82 Å². The molecule has 1 aromatic rings. The fourth-order valence-electron chi connectivity index (χ4n) is 3.41. The molecule has 0 bridgehead atoms. The van der Waals surface area contributed by atoms with Gasteiger partial charge in [0.25, 0.3) is 0 Å². The lowest BCUT2D eigenvalue weighted by molar-refractivity contribution is 0.229. The first kappa shape index (κ1) is 12.2. The molecule has 1 unspecified atom stereocenters. The Morgan fingerprint density at radius 3 is 2.78 bits per heavy atom. The molecule has 0 aromatic carbocycles. The van der Waals surface area contributed by atoms with Gasteiger partial charge < -0.3 is 9.42 Å². The van der Waals surface area contributed by atoms with Crippen molar-refractivity contribution in [1.82, 2.24) is 15.0 Å².